The summed E-state index contributed by atoms with van der Waals surface area (Å²) in [6.07, 6.45) is -2.67. The summed E-state index contributed by atoms with van der Waals surface area (Å²) in [5.74, 6) is 0. The third-order valence-corrected chi connectivity index (χ3v) is 2.95. The second-order valence-electron chi connectivity index (χ2n) is 4.33. The van der Waals surface area contributed by atoms with Crippen LogP contribution in [0.25, 0.3) is 0 Å². The number of aromatic nitrogens is 2. The molecular formula is C13H14F3N3. The van der Waals surface area contributed by atoms with Crippen LogP contribution in [0, 0.1) is 6.92 Å². The van der Waals surface area contributed by atoms with Crippen LogP contribution in [0.4, 0.5) is 18.9 Å². The number of hydrogen-bond donors (Lipinski definition) is 1. The smallest absolute Gasteiger partial charge is 0.379 e. The Morgan fingerprint density at radius 1 is 1.26 bits per heavy atom. The lowest BCUT2D eigenvalue weighted by molar-refractivity contribution is -0.137. The SMILES string of the molecule is Cc1ccc(C(F)(F)F)cc1NCc1ccnn1C. The van der Waals surface area contributed by atoms with Gasteiger partial charge in [0.05, 0.1) is 17.8 Å². The van der Waals surface area contributed by atoms with Gasteiger partial charge in [-0.1, -0.05) is 6.07 Å². The second-order valence-corrected chi connectivity index (χ2v) is 4.33. The third-order valence-electron chi connectivity index (χ3n) is 2.95. The fourth-order valence-electron chi connectivity index (χ4n) is 1.75. The number of nitrogens with one attached hydrogen (secondary N) is 1. The molecule has 6 heteroatoms. The van der Waals surface area contributed by atoms with Crippen molar-refractivity contribution in [3.05, 3.63) is 47.3 Å². The molecule has 1 aromatic carbocycles. The molecule has 0 aliphatic rings. The van der Waals surface area contributed by atoms with Crippen molar-refractivity contribution in [2.75, 3.05) is 5.32 Å². The number of aryl methyl sites for hydroxylation is 2. The normalized spacial score (nSPS) is 11.6. The molecule has 2 aromatic rings. The summed E-state index contributed by atoms with van der Waals surface area (Å²) in [5, 5.41) is 7.01. The Kier molecular flexibility index (Phi) is 3.50. The number of rotatable bonds is 3. The molecule has 19 heavy (non-hydrogen) atoms. The Hall–Kier alpha value is -1.98. The van der Waals surface area contributed by atoms with E-state index in [1.807, 2.05) is 6.07 Å². The van der Waals surface area contributed by atoms with Gasteiger partial charge in [-0.25, -0.2) is 0 Å². The molecule has 1 aromatic heterocycles. The lowest BCUT2D eigenvalue weighted by Gasteiger charge is -2.13. The summed E-state index contributed by atoms with van der Waals surface area (Å²) in [7, 11) is 1.79. The van der Waals surface area contributed by atoms with Crippen LogP contribution in [0.3, 0.4) is 0 Å². The van der Waals surface area contributed by atoms with E-state index >= 15 is 0 Å². The predicted octanol–water partition coefficient (Wildman–Crippen LogP) is 3.36. The van der Waals surface area contributed by atoms with Crippen molar-refractivity contribution in [1.29, 1.82) is 0 Å². The highest BCUT2D eigenvalue weighted by Crippen LogP contribution is 2.32. The molecule has 0 fully saturated rings. The fraction of sp³-hybridized carbons (Fsp3) is 0.308. The van der Waals surface area contributed by atoms with E-state index in [0.717, 1.165) is 23.4 Å². The summed E-state index contributed by atoms with van der Waals surface area (Å²) in [6, 6.07) is 5.50. The zero-order valence-electron chi connectivity index (χ0n) is 10.6. The highest BCUT2D eigenvalue weighted by Gasteiger charge is 2.30. The Morgan fingerprint density at radius 2 is 2.00 bits per heavy atom. The number of benzene rings is 1. The summed E-state index contributed by atoms with van der Waals surface area (Å²) in [4.78, 5) is 0. The van der Waals surface area contributed by atoms with Crippen LogP contribution in [0.2, 0.25) is 0 Å². The Bertz CT molecular complexity index is 573. The summed E-state index contributed by atoms with van der Waals surface area (Å²) in [5.41, 5.74) is 1.51. The van der Waals surface area contributed by atoms with Crippen LogP contribution in [0.15, 0.2) is 30.5 Å². The van der Waals surface area contributed by atoms with E-state index in [2.05, 4.69) is 10.4 Å². The Morgan fingerprint density at radius 3 is 2.58 bits per heavy atom. The first-order chi connectivity index (χ1) is 8.88. The van der Waals surface area contributed by atoms with Crippen molar-refractivity contribution in [1.82, 2.24) is 9.78 Å². The van der Waals surface area contributed by atoms with Crippen LogP contribution in [-0.4, -0.2) is 9.78 Å². The van der Waals surface area contributed by atoms with Gasteiger partial charge < -0.3 is 5.32 Å². The minimum atomic E-state index is -4.32. The molecule has 1 N–H and O–H groups in total. The van der Waals surface area contributed by atoms with E-state index in [4.69, 9.17) is 0 Å². The van der Waals surface area contributed by atoms with Crippen LogP contribution in [0.1, 0.15) is 16.8 Å². The molecule has 0 aliphatic heterocycles. The van der Waals surface area contributed by atoms with Crippen LogP contribution in [0.5, 0.6) is 0 Å². The van der Waals surface area contributed by atoms with Crippen molar-refractivity contribution in [3.63, 3.8) is 0 Å². The van der Waals surface area contributed by atoms with Crippen molar-refractivity contribution in [3.8, 4) is 0 Å². The van der Waals surface area contributed by atoms with Gasteiger partial charge in [0.25, 0.3) is 0 Å². The average molecular weight is 269 g/mol. The molecular weight excluding hydrogens is 255 g/mol. The van der Waals surface area contributed by atoms with Crippen LogP contribution in [-0.2, 0) is 19.8 Å². The third kappa shape index (κ3) is 3.07. The lowest BCUT2D eigenvalue weighted by Crippen LogP contribution is -2.09. The lowest BCUT2D eigenvalue weighted by atomic mass is 10.1. The second kappa shape index (κ2) is 4.95. The highest BCUT2D eigenvalue weighted by atomic mass is 19.4. The number of halogens is 3. The van der Waals surface area contributed by atoms with Crippen molar-refractivity contribution in [2.24, 2.45) is 7.05 Å². The molecule has 0 radical (unpaired) electrons. The van der Waals surface area contributed by atoms with E-state index in [0.29, 0.717) is 12.2 Å². The molecule has 0 spiro atoms. The number of nitrogens with zero attached hydrogens (tertiary/aromatic N) is 2. The van der Waals surface area contributed by atoms with Gasteiger partial charge in [-0.2, -0.15) is 18.3 Å². The van der Waals surface area contributed by atoms with E-state index in [9.17, 15) is 13.2 Å². The number of anilines is 1. The number of alkyl halides is 3. The van der Waals surface area contributed by atoms with E-state index in [1.165, 1.54) is 6.07 Å². The van der Waals surface area contributed by atoms with E-state index in [-0.39, 0.29) is 0 Å². The minimum Gasteiger partial charge on any atom is -0.379 e. The topological polar surface area (TPSA) is 29.9 Å². The van der Waals surface area contributed by atoms with Crippen LogP contribution < -0.4 is 5.32 Å². The molecule has 102 valence electrons. The van der Waals surface area contributed by atoms with Gasteiger partial charge in [0, 0.05) is 18.9 Å². The maximum atomic E-state index is 12.6. The molecule has 0 saturated carbocycles. The molecule has 3 nitrogen and oxygen atoms in total. The van der Waals surface area contributed by atoms with Crippen molar-refractivity contribution in [2.45, 2.75) is 19.6 Å². The van der Waals surface area contributed by atoms with Gasteiger partial charge >= 0.3 is 6.18 Å². The summed E-state index contributed by atoms with van der Waals surface area (Å²) >= 11 is 0. The Balaban J connectivity index is 2.18. The van der Waals surface area contributed by atoms with Gasteiger partial charge in [0.1, 0.15) is 0 Å². The van der Waals surface area contributed by atoms with Crippen molar-refractivity contribution >= 4 is 5.69 Å². The molecule has 2 rings (SSSR count). The first-order valence-corrected chi connectivity index (χ1v) is 5.76. The standard InChI is InChI=1S/C13H14F3N3/c1-9-3-4-10(13(14,15)16)7-12(9)17-8-11-5-6-18-19(11)2/h3-7,17H,8H2,1-2H3. The molecule has 0 amide bonds. The summed E-state index contributed by atoms with van der Waals surface area (Å²) in [6.45, 7) is 2.20. The number of hydrogen-bond acceptors (Lipinski definition) is 2. The molecule has 1 heterocycles. The van der Waals surface area contributed by atoms with E-state index in [1.54, 1.807) is 24.9 Å². The molecule has 0 unspecified atom stereocenters. The average Bonchev–Trinajstić information content (AvgIpc) is 2.72. The zero-order chi connectivity index (χ0) is 14.0. The minimum absolute atomic E-state index is 0.429. The molecule has 0 atom stereocenters. The largest absolute Gasteiger partial charge is 0.416 e. The van der Waals surface area contributed by atoms with Gasteiger partial charge in [0.2, 0.25) is 0 Å². The maximum absolute atomic E-state index is 12.6. The maximum Gasteiger partial charge on any atom is 0.416 e. The summed E-state index contributed by atoms with van der Waals surface area (Å²) < 4.78 is 39.6. The van der Waals surface area contributed by atoms with Gasteiger partial charge in [-0.05, 0) is 30.7 Å². The molecule has 0 saturated heterocycles. The predicted molar refractivity (Wildman–Crippen MR) is 66.7 cm³/mol. The fourth-order valence-corrected chi connectivity index (χ4v) is 1.75. The van der Waals surface area contributed by atoms with Gasteiger partial charge in [0.15, 0.2) is 0 Å². The van der Waals surface area contributed by atoms with Crippen molar-refractivity contribution < 1.29 is 13.2 Å². The molecule has 0 bridgehead atoms. The quantitative estimate of drug-likeness (QED) is 0.926. The van der Waals surface area contributed by atoms with E-state index < -0.39 is 11.7 Å². The van der Waals surface area contributed by atoms with Crippen LogP contribution >= 0.6 is 0 Å². The Labute approximate surface area is 109 Å². The zero-order valence-corrected chi connectivity index (χ0v) is 10.6. The first-order valence-electron chi connectivity index (χ1n) is 5.76. The first kappa shape index (κ1) is 13.5. The van der Waals surface area contributed by atoms with Gasteiger partial charge in [-0.3, -0.25) is 4.68 Å². The van der Waals surface area contributed by atoms with Gasteiger partial charge in [-0.15, -0.1) is 0 Å². The molecule has 0 aliphatic carbocycles. The highest BCUT2D eigenvalue weighted by molar-refractivity contribution is 5.53. The monoisotopic (exact) mass is 269 g/mol.